The molecule has 0 bridgehead atoms. The van der Waals surface area contributed by atoms with Crippen molar-refractivity contribution in [2.75, 3.05) is 11.9 Å². The van der Waals surface area contributed by atoms with E-state index in [1.807, 2.05) is 0 Å². The first-order valence-corrected chi connectivity index (χ1v) is 6.52. The molecular formula is C13H14F3N3O3. The van der Waals surface area contributed by atoms with Gasteiger partial charge in [-0.2, -0.15) is 0 Å². The van der Waals surface area contributed by atoms with Gasteiger partial charge >= 0.3 is 12.4 Å². The monoisotopic (exact) mass is 317 g/mol. The van der Waals surface area contributed by atoms with Gasteiger partial charge in [0, 0.05) is 11.7 Å². The van der Waals surface area contributed by atoms with Crippen LogP contribution in [0.4, 0.5) is 23.7 Å². The molecule has 1 aromatic carbocycles. The number of rotatable bonds is 5. The third-order valence-electron chi connectivity index (χ3n) is 2.70. The maximum absolute atomic E-state index is 12.0. The van der Waals surface area contributed by atoms with Gasteiger partial charge in [-0.05, 0) is 37.1 Å². The highest BCUT2D eigenvalue weighted by Crippen LogP contribution is 2.23. The highest BCUT2D eigenvalue weighted by molar-refractivity contribution is 5.92. The maximum Gasteiger partial charge on any atom is 0.573 e. The Kier molecular flexibility index (Phi) is 4.74. The molecule has 120 valence electrons. The van der Waals surface area contributed by atoms with E-state index >= 15 is 0 Å². The molecule has 1 aromatic rings. The Hall–Kier alpha value is -2.45. The van der Waals surface area contributed by atoms with E-state index in [2.05, 4.69) is 20.7 Å². The SMILES string of the molecule is O=C(CNC(=O)Nc1ccc(OC(F)(F)F)cc1)NC1CC1. The van der Waals surface area contributed by atoms with Gasteiger partial charge in [0.05, 0.1) is 6.54 Å². The summed E-state index contributed by atoms with van der Waals surface area (Å²) in [6, 6.07) is 4.23. The van der Waals surface area contributed by atoms with E-state index < -0.39 is 12.4 Å². The van der Waals surface area contributed by atoms with E-state index in [1.165, 1.54) is 12.1 Å². The molecule has 22 heavy (non-hydrogen) atoms. The van der Waals surface area contributed by atoms with Gasteiger partial charge in [0.2, 0.25) is 5.91 Å². The molecular weight excluding hydrogens is 303 g/mol. The lowest BCUT2D eigenvalue weighted by Gasteiger charge is -2.10. The van der Waals surface area contributed by atoms with Crippen molar-refractivity contribution in [1.29, 1.82) is 0 Å². The van der Waals surface area contributed by atoms with Crippen molar-refractivity contribution in [3.05, 3.63) is 24.3 Å². The molecule has 3 N–H and O–H groups in total. The molecule has 1 aliphatic carbocycles. The number of hydrogen-bond donors (Lipinski definition) is 3. The summed E-state index contributed by atoms with van der Waals surface area (Å²) in [5.74, 6) is -0.672. The van der Waals surface area contributed by atoms with Crippen molar-refractivity contribution in [2.45, 2.75) is 25.2 Å². The summed E-state index contributed by atoms with van der Waals surface area (Å²) in [4.78, 5) is 22.9. The Balaban J connectivity index is 1.74. The van der Waals surface area contributed by atoms with Crippen LogP contribution in [0.15, 0.2) is 24.3 Å². The van der Waals surface area contributed by atoms with Crippen molar-refractivity contribution in [3.8, 4) is 5.75 Å². The summed E-state index contributed by atoms with van der Waals surface area (Å²) < 4.78 is 39.7. The van der Waals surface area contributed by atoms with E-state index in [0.29, 0.717) is 0 Å². The van der Waals surface area contributed by atoms with Crippen LogP contribution in [-0.4, -0.2) is 30.9 Å². The molecule has 0 atom stereocenters. The van der Waals surface area contributed by atoms with Gasteiger partial charge in [0.15, 0.2) is 0 Å². The Morgan fingerprint density at radius 2 is 1.82 bits per heavy atom. The molecule has 0 aliphatic heterocycles. The molecule has 9 heteroatoms. The zero-order chi connectivity index (χ0) is 16.2. The maximum atomic E-state index is 12.0. The van der Waals surface area contributed by atoms with Crippen LogP contribution in [0.1, 0.15) is 12.8 Å². The Bertz CT molecular complexity index is 542. The van der Waals surface area contributed by atoms with Gasteiger partial charge in [0.25, 0.3) is 0 Å². The van der Waals surface area contributed by atoms with E-state index in [4.69, 9.17) is 0 Å². The number of carbonyl (C=O) groups excluding carboxylic acids is 2. The predicted molar refractivity (Wildman–Crippen MR) is 71.3 cm³/mol. The molecule has 0 heterocycles. The Morgan fingerprint density at radius 3 is 2.36 bits per heavy atom. The van der Waals surface area contributed by atoms with E-state index in [1.54, 1.807) is 0 Å². The molecule has 0 radical (unpaired) electrons. The second-order valence-corrected chi connectivity index (χ2v) is 4.72. The standard InChI is InChI=1S/C13H14F3N3O3/c14-13(15,16)22-10-5-3-9(4-6-10)19-12(21)17-7-11(20)18-8-1-2-8/h3-6,8H,1-2,7H2,(H,18,20)(H2,17,19,21). The van der Waals surface area contributed by atoms with Crippen LogP contribution in [0.3, 0.4) is 0 Å². The second kappa shape index (κ2) is 6.54. The summed E-state index contributed by atoms with van der Waals surface area (Å²) in [7, 11) is 0. The summed E-state index contributed by atoms with van der Waals surface area (Å²) in [6.07, 6.45) is -2.87. The van der Waals surface area contributed by atoms with Crippen LogP contribution in [0.2, 0.25) is 0 Å². The number of halogens is 3. The quantitative estimate of drug-likeness (QED) is 0.777. The first kappa shape index (κ1) is 15.9. The fraction of sp³-hybridized carbons (Fsp3) is 0.385. The van der Waals surface area contributed by atoms with Crippen LogP contribution in [-0.2, 0) is 4.79 Å². The van der Waals surface area contributed by atoms with Crippen molar-refractivity contribution in [2.24, 2.45) is 0 Å². The highest BCUT2D eigenvalue weighted by Gasteiger charge is 2.31. The fourth-order valence-electron chi connectivity index (χ4n) is 1.58. The number of benzene rings is 1. The molecule has 0 saturated heterocycles. The van der Waals surface area contributed by atoms with Crippen LogP contribution in [0.25, 0.3) is 0 Å². The number of hydrogen-bond acceptors (Lipinski definition) is 3. The Morgan fingerprint density at radius 1 is 1.18 bits per heavy atom. The average Bonchev–Trinajstić information content (AvgIpc) is 3.21. The lowest BCUT2D eigenvalue weighted by molar-refractivity contribution is -0.274. The van der Waals surface area contributed by atoms with Crippen LogP contribution >= 0.6 is 0 Å². The molecule has 1 aliphatic rings. The molecule has 2 rings (SSSR count). The first-order chi connectivity index (χ1) is 10.3. The number of nitrogens with one attached hydrogen (secondary N) is 3. The van der Waals surface area contributed by atoms with Crippen molar-refractivity contribution < 1.29 is 27.5 Å². The van der Waals surface area contributed by atoms with Gasteiger partial charge in [0.1, 0.15) is 5.75 Å². The number of anilines is 1. The lowest BCUT2D eigenvalue weighted by Crippen LogP contribution is -2.39. The summed E-state index contributed by atoms with van der Waals surface area (Å²) in [6.45, 7) is -0.169. The first-order valence-electron chi connectivity index (χ1n) is 6.52. The van der Waals surface area contributed by atoms with E-state index in [9.17, 15) is 22.8 Å². The number of alkyl halides is 3. The van der Waals surface area contributed by atoms with Crippen LogP contribution in [0, 0.1) is 0 Å². The highest BCUT2D eigenvalue weighted by atomic mass is 19.4. The predicted octanol–water partition coefficient (Wildman–Crippen LogP) is 1.99. The van der Waals surface area contributed by atoms with Gasteiger partial charge in [-0.1, -0.05) is 0 Å². The number of amides is 3. The number of urea groups is 1. The minimum atomic E-state index is -4.76. The number of ether oxygens (including phenoxy) is 1. The fourth-order valence-corrected chi connectivity index (χ4v) is 1.58. The molecule has 6 nitrogen and oxygen atoms in total. The van der Waals surface area contributed by atoms with Gasteiger partial charge in [-0.3, -0.25) is 4.79 Å². The summed E-state index contributed by atoms with van der Waals surface area (Å²) in [5.41, 5.74) is 0.273. The number of carbonyl (C=O) groups is 2. The minimum absolute atomic E-state index is 0.169. The van der Waals surface area contributed by atoms with Crippen molar-refractivity contribution >= 4 is 17.6 Å². The van der Waals surface area contributed by atoms with Crippen LogP contribution in [0.5, 0.6) is 5.75 Å². The van der Waals surface area contributed by atoms with E-state index in [-0.39, 0.29) is 29.9 Å². The summed E-state index contributed by atoms with van der Waals surface area (Å²) >= 11 is 0. The average molecular weight is 317 g/mol. The zero-order valence-electron chi connectivity index (χ0n) is 11.4. The third-order valence-corrected chi connectivity index (χ3v) is 2.70. The zero-order valence-corrected chi connectivity index (χ0v) is 11.4. The molecule has 3 amide bonds. The van der Waals surface area contributed by atoms with Crippen molar-refractivity contribution in [1.82, 2.24) is 10.6 Å². The normalized spacial score (nSPS) is 14.1. The van der Waals surface area contributed by atoms with Gasteiger partial charge < -0.3 is 20.7 Å². The Labute approximate surface area is 124 Å². The minimum Gasteiger partial charge on any atom is -0.406 e. The largest absolute Gasteiger partial charge is 0.573 e. The van der Waals surface area contributed by atoms with E-state index in [0.717, 1.165) is 25.0 Å². The molecule has 0 spiro atoms. The third kappa shape index (κ3) is 5.90. The lowest BCUT2D eigenvalue weighted by atomic mass is 10.3. The molecule has 0 unspecified atom stereocenters. The van der Waals surface area contributed by atoms with Crippen LogP contribution < -0.4 is 20.7 Å². The van der Waals surface area contributed by atoms with Crippen molar-refractivity contribution in [3.63, 3.8) is 0 Å². The molecule has 0 aromatic heterocycles. The smallest absolute Gasteiger partial charge is 0.406 e. The topological polar surface area (TPSA) is 79.5 Å². The van der Waals surface area contributed by atoms with Gasteiger partial charge in [-0.25, -0.2) is 4.79 Å². The summed E-state index contributed by atoms with van der Waals surface area (Å²) in [5, 5.41) is 7.43. The molecule has 1 saturated carbocycles. The molecule has 1 fully saturated rings. The second-order valence-electron chi connectivity index (χ2n) is 4.72. The van der Waals surface area contributed by atoms with Gasteiger partial charge in [-0.15, -0.1) is 13.2 Å².